The first kappa shape index (κ1) is 24.0. The molecule has 7 heteroatoms. The molecule has 2 atom stereocenters. The maximum atomic E-state index is 13.4. The molecule has 35 heavy (non-hydrogen) atoms. The highest BCUT2D eigenvalue weighted by molar-refractivity contribution is 5.92. The number of carbonyl (C=O) groups excluding carboxylic acids is 2. The number of anilines is 1. The Morgan fingerprint density at radius 2 is 1.43 bits per heavy atom. The molecule has 3 aromatic rings. The SMILES string of the molecule is O=C(O)CCc1cccc(NC(=O)NCC(=O)N2[C@@H](c3ccccc3)CC[C@H]2c2ccccc2)c1. The summed E-state index contributed by atoms with van der Waals surface area (Å²) < 4.78 is 0. The highest BCUT2D eigenvalue weighted by Gasteiger charge is 2.38. The molecule has 1 fully saturated rings. The third kappa shape index (κ3) is 6.26. The predicted molar refractivity (Wildman–Crippen MR) is 134 cm³/mol. The van der Waals surface area contributed by atoms with Crippen LogP contribution in [0.4, 0.5) is 10.5 Å². The molecule has 0 radical (unpaired) electrons. The minimum absolute atomic E-state index is 0.0190. The van der Waals surface area contributed by atoms with E-state index in [4.69, 9.17) is 5.11 Å². The van der Waals surface area contributed by atoms with Crippen molar-refractivity contribution in [2.45, 2.75) is 37.8 Å². The number of nitrogens with one attached hydrogen (secondary N) is 2. The zero-order chi connectivity index (χ0) is 24.6. The molecular formula is C28H29N3O4. The van der Waals surface area contributed by atoms with Crippen LogP contribution in [0.5, 0.6) is 0 Å². The van der Waals surface area contributed by atoms with Crippen LogP contribution in [0.25, 0.3) is 0 Å². The second kappa shape index (κ2) is 11.3. The first-order valence-corrected chi connectivity index (χ1v) is 11.8. The van der Waals surface area contributed by atoms with Crippen LogP contribution in [0.2, 0.25) is 0 Å². The van der Waals surface area contributed by atoms with Gasteiger partial charge in [-0.15, -0.1) is 0 Å². The Morgan fingerprint density at radius 3 is 2.00 bits per heavy atom. The van der Waals surface area contributed by atoms with E-state index in [2.05, 4.69) is 10.6 Å². The fraction of sp³-hybridized carbons (Fsp3) is 0.250. The van der Waals surface area contributed by atoms with Crippen molar-refractivity contribution in [2.75, 3.05) is 11.9 Å². The molecule has 1 heterocycles. The lowest BCUT2D eigenvalue weighted by molar-refractivity contribution is -0.137. The minimum Gasteiger partial charge on any atom is -0.481 e. The van der Waals surface area contributed by atoms with Crippen molar-refractivity contribution in [2.24, 2.45) is 0 Å². The van der Waals surface area contributed by atoms with E-state index in [0.717, 1.165) is 29.5 Å². The van der Waals surface area contributed by atoms with Gasteiger partial charge in [0.15, 0.2) is 0 Å². The Morgan fingerprint density at radius 1 is 0.829 bits per heavy atom. The molecular weight excluding hydrogens is 442 g/mol. The molecule has 0 aliphatic carbocycles. The minimum atomic E-state index is -0.871. The van der Waals surface area contributed by atoms with E-state index in [0.29, 0.717) is 12.1 Å². The number of rotatable bonds is 8. The third-order valence-corrected chi connectivity index (χ3v) is 6.25. The van der Waals surface area contributed by atoms with Gasteiger partial charge < -0.3 is 20.6 Å². The Balaban J connectivity index is 1.42. The lowest BCUT2D eigenvalue weighted by Crippen LogP contribution is -2.42. The molecule has 7 nitrogen and oxygen atoms in total. The summed E-state index contributed by atoms with van der Waals surface area (Å²) in [5.41, 5.74) is 3.53. The number of carboxylic acid groups (broad SMARTS) is 1. The highest BCUT2D eigenvalue weighted by Crippen LogP contribution is 2.43. The number of aliphatic carboxylic acids is 1. The van der Waals surface area contributed by atoms with Crippen LogP contribution in [0.3, 0.4) is 0 Å². The number of urea groups is 1. The average molecular weight is 472 g/mol. The smallest absolute Gasteiger partial charge is 0.319 e. The topological polar surface area (TPSA) is 98.7 Å². The fourth-order valence-corrected chi connectivity index (χ4v) is 4.64. The fourth-order valence-electron chi connectivity index (χ4n) is 4.64. The van der Waals surface area contributed by atoms with Crippen molar-refractivity contribution in [3.63, 3.8) is 0 Å². The summed E-state index contributed by atoms with van der Waals surface area (Å²) in [4.78, 5) is 38.6. The van der Waals surface area contributed by atoms with Crippen molar-refractivity contribution >= 4 is 23.6 Å². The molecule has 0 saturated carbocycles. The second-order valence-corrected chi connectivity index (χ2v) is 8.63. The van der Waals surface area contributed by atoms with Crippen LogP contribution in [-0.4, -0.2) is 34.5 Å². The van der Waals surface area contributed by atoms with Crippen molar-refractivity contribution < 1.29 is 19.5 Å². The van der Waals surface area contributed by atoms with Gasteiger partial charge in [0.05, 0.1) is 18.6 Å². The van der Waals surface area contributed by atoms with Crippen LogP contribution in [0.15, 0.2) is 84.9 Å². The van der Waals surface area contributed by atoms with Crippen molar-refractivity contribution in [1.29, 1.82) is 0 Å². The van der Waals surface area contributed by atoms with Gasteiger partial charge in [0.1, 0.15) is 0 Å². The zero-order valence-corrected chi connectivity index (χ0v) is 19.4. The van der Waals surface area contributed by atoms with E-state index in [-0.39, 0.29) is 31.0 Å². The lowest BCUT2D eigenvalue weighted by atomic mass is 10.0. The predicted octanol–water partition coefficient (Wildman–Crippen LogP) is 4.93. The van der Waals surface area contributed by atoms with Crippen LogP contribution in [-0.2, 0) is 16.0 Å². The van der Waals surface area contributed by atoms with Gasteiger partial charge in [0, 0.05) is 12.1 Å². The van der Waals surface area contributed by atoms with Crippen LogP contribution in [0.1, 0.15) is 48.0 Å². The molecule has 0 unspecified atom stereocenters. The lowest BCUT2D eigenvalue weighted by Gasteiger charge is -2.31. The van der Waals surface area contributed by atoms with Crippen LogP contribution >= 0.6 is 0 Å². The summed E-state index contributed by atoms with van der Waals surface area (Å²) in [5.74, 6) is -1.01. The standard InChI is InChI=1S/C28H29N3O4/c32-26(19-29-28(35)30-23-13-7-8-20(18-23)14-17-27(33)34)31-24(21-9-3-1-4-10-21)15-16-25(31)22-11-5-2-6-12-22/h1-13,18,24-25H,14-17,19H2,(H,33,34)(H2,29,30,35)/t24-,25+. The van der Waals surface area contributed by atoms with E-state index >= 15 is 0 Å². The molecule has 1 aliphatic rings. The number of carbonyl (C=O) groups is 3. The molecule has 1 aliphatic heterocycles. The second-order valence-electron chi connectivity index (χ2n) is 8.63. The summed E-state index contributed by atoms with van der Waals surface area (Å²) in [5, 5.41) is 14.3. The summed E-state index contributed by atoms with van der Waals surface area (Å²) >= 11 is 0. The Hall–Kier alpha value is -4.13. The average Bonchev–Trinajstić information content (AvgIpc) is 3.33. The van der Waals surface area contributed by atoms with Gasteiger partial charge in [0.2, 0.25) is 5.91 Å². The van der Waals surface area contributed by atoms with Gasteiger partial charge in [-0.05, 0) is 48.1 Å². The Labute approximate surface area is 204 Å². The first-order valence-electron chi connectivity index (χ1n) is 11.8. The van der Waals surface area contributed by atoms with Gasteiger partial charge in [-0.3, -0.25) is 9.59 Å². The summed E-state index contributed by atoms with van der Waals surface area (Å²) in [7, 11) is 0. The molecule has 180 valence electrons. The van der Waals surface area contributed by atoms with Gasteiger partial charge in [-0.1, -0.05) is 72.8 Å². The molecule has 3 aromatic carbocycles. The molecule has 1 saturated heterocycles. The van der Waals surface area contributed by atoms with Gasteiger partial charge >= 0.3 is 12.0 Å². The zero-order valence-electron chi connectivity index (χ0n) is 19.4. The van der Waals surface area contributed by atoms with E-state index in [1.165, 1.54) is 0 Å². The van der Waals surface area contributed by atoms with E-state index < -0.39 is 12.0 Å². The van der Waals surface area contributed by atoms with Crippen molar-refractivity contribution in [1.82, 2.24) is 10.2 Å². The number of hydrogen-bond donors (Lipinski definition) is 3. The number of aryl methyl sites for hydroxylation is 1. The Kier molecular flexibility index (Phi) is 7.77. The maximum Gasteiger partial charge on any atom is 0.319 e. The normalized spacial score (nSPS) is 17.1. The number of benzene rings is 3. The molecule has 4 rings (SSSR count). The third-order valence-electron chi connectivity index (χ3n) is 6.25. The Bertz CT molecular complexity index is 1120. The van der Waals surface area contributed by atoms with Gasteiger partial charge in [0.25, 0.3) is 0 Å². The van der Waals surface area contributed by atoms with Gasteiger partial charge in [-0.2, -0.15) is 0 Å². The number of nitrogens with zero attached hydrogens (tertiary/aromatic N) is 1. The van der Waals surface area contributed by atoms with Crippen LogP contribution in [0, 0.1) is 0 Å². The van der Waals surface area contributed by atoms with E-state index in [1.54, 1.807) is 18.2 Å². The van der Waals surface area contributed by atoms with E-state index in [1.807, 2.05) is 71.6 Å². The summed E-state index contributed by atoms with van der Waals surface area (Å²) in [6.07, 6.45) is 2.10. The first-order chi connectivity index (χ1) is 17.0. The number of carboxylic acids is 1. The number of likely N-dealkylation sites (tertiary alicyclic amines) is 1. The molecule has 0 bridgehead atoms. The quantitative estimate of drug-likeness (QED) is 0.434. The summed E-state index contributed by atoms with van der Waals surface area (Å²) in [6.45, 7) is -0.128. The molecule has 0 spiro atoms. The van der Waals surface area contributed by atoms with Crippen molar-refractivity contribution in [3.05, 3.63) is 102 Å². The molecule has 3 amide bonds. The summed E-state index contributed by atoms with van der Waals surface area (Å²) in [6, 6.07) is 26.4. The number of hydrogen-bond acceptors (Lipinski definition) is 3. The van der Waals surface area contributed by atoms with E-state index in [9.17, 15) is 14.4 Å². The van der Waals surface area contributed by atoms with Crippen LogP contribution < -0.4 is 10.6 Å². The molecule has 0 aromatic heterocycles. The largest absolute Gasteiger partial charge is 0.481 e. The van der Waals surface area contributed by atoms with Gasteiger partial charge in [-0.25, -0.2) is 4.79 Å². The number of amides is 3. The van der Waals surface area contributed by atoms with Crippen molar-refractivity contribution in [3.8, 4) is 0 Å². The monoisotopic (exact) mass is 471 g/mol. The highest BCUT2D eigenvalue weighted by atomic mass is 16.4. The molecule has 3 N–H and O–H groups in total. The maximum absolute atomic E-state index is 13.4.